The van der Waals surface area contributed by atoms with Crippen LogP contribution in [0.1, 0.15) is 18.4 Å². The second kappa shape index (κ2) is 7.34. The van der Waals surface area contributed by atoms with Crippen LogP contribution < -0.4 is 9.47 Å². The van der Waals surface area contributed by atoms with Gasteiger partial charge >= 0.3 is 0 Å². The van der Waals surface area contributed by atoms with Crippen molar-refractivity contribution >= 4 is 22.0 Å². The van der Waals surface area contributed by atoms with Gasteiger partial charge in [-0.1, -0.05) is 28.1 Å². The maximum atomic E-state index is 5.20. The van der Waals surface area contributed by atoms with E-state index in [4.69, 9.17) is 9.47 Å². The van der Waals surface area contributed by atoms with Gasteiger partial charge in [0.15, 0.2) is 0 Å². The summed E-state index contributed by atoms with van der Waals surface area (Å²) in [6, 6.07) is 5.86. The molecular formula is C13H17BrO2. The molecule has 0 fully saturated rings. The number of alkyl halides is 1. The molecule has 3 heteroatoms. The maximum Gasteiger partial charge on any atom is 0.123 e. The fraction of sp³-hybridized carbons (Fsp3) is 0.385. The molecule has 0 amide bonds. The monoisotopic (exact) mass is 284 g/mol. The van der Waals surface area contributed by atoms with Gasteiger partial charge < -0.3 is 9.47 Å². The zero-order valence-corrected chi connectivity index (χ0v) is 11.3. The molecule has 0 aliphatic heterocycles. The van der Waals surface area contributed by atoms with Gasteiger partial charge in [-0.3, -0.25) is 0 Å². The van der Waals surface area contributed by atoms with Crippen LogP contribution in [0.25, 0.3) is 6.08 Å². The molecule has 0 saturated carbocycles. The molecule has 1 aromatic carbocycles. The minimum atomic E-state index is 0.819. The fourth-order valence-electron chi connectivity index (χ4n) is 1.34. The number of hydrogen-bond donors (Lipinski definition) is 0. The van der Waals surface area contributed by atoms with E-state index < -0.39 is 0 Å². The molecule has 1 aromatic rings. The average molecular weight is 285 g/mol. The van der Waals surface area contributed by atoms with E-state index in [1.54, 1.807) is 14.2 Å². The van der Waals surface area contributed by atoms with Crippen LogP contribution >= 0.6 is 15.9 Å². The van der Waals surface area contributed by atoms with Gasteiger partial charge in [0.05, 0.1) is 14.2 Å². The van der Waals surface area contributed by atoms with Crippen LogP contribution in [0.2, 0.25) is 0 Å². The molecule has 0 aromatic heterocycles. The summed E-state index contributed by atoms with van der Waals surface area (Å²) in [7, 11) is 3.32. The Bertz CT molecular complexity index is 326. The molecule has 1 rings (SSSR count). The van der Waals surface area contributed by atoms with Crippen LogP contribution in [0, 0.1) is 0 Å². The van der Waals surface area contributed by atoms with Crippen molar-refractivity contribution in [1.82, 2.24) is 0 Å². The number of rotatable bonds is 6. The van der Waals surface area contributed by atoms with Crippen LogP contribution in [0.5, 0.6) is 11.5 Å². The number of methoxy groups -OCH3 is 2. The highest BCUT2D eigenvalue weighted by atomic mass is 79.9. The summed E-state index contributed by atoms with van der Waals surface area (Å²) in [6.07, 6.45) is 6.48. The lowest BCUT2D eigenvalue weighted by Gasteiger charge is -2.05. The lowest BCUT2D eigenvalue weighted by atomic mass is 10.1. The first kappa shape index (κ1) is 13.1. The minimum absolute atomic E-state index is 0.819. The van der Waals surface area contributed by atoms with Gasteiger partial charge in [-0.25, -0.2) is 0 Å². The second-order valence-corrected chi connectivity index (χ2v) is 4.17. The predicted octanol–water partition coefficient (Wildman–Crippen LogP) is 3.89. The van der Waals surface area contributed by atoms with Crippen molar-refractivity contribution in [3.8, 4) is 11.5 Å². The van der Waals surface area contributed by atoms with Crippen molar-refractivity contribution in [1.29, 1.82) is 0 Å². The summed E-state index contributed by atoms with van der Waals surface area (Å²) < 4.78 is 10.4. The number of allylic oxidation sites excluding steroid dienone is 1. The van der Waals surface area contributed by atoms with Crippen molar-refractivity contribution in [2.75, 3.05) is 19.5 Å². The van der Waals surface area contributed by atoms with Crippen molar-refractivity contribution in [2.45, 2.75) is 12.8 Å². The van der Waals surface area contributed by atoms with Crippen molar-refractivity contribution in [3.05, 3.63) is 29.8 Å². The summed E-state index contributed by atoms with van der Waals surface area (Å²) in [4.78, 5) is 0. The van der Waals surface area contributed by atoms with E-state index >= 15 is 0 Å². The number of benzene rings is 1. The first-order valence-corrected chi connectivity index (χ1v) is 6.38. The van der Waals surface area contributed by atoms with E-state index in [2.05, 4.69) is 28.1 Å². The highest BCUT2D eigenvalue weighted by molar-refractivity contribution is 9.09. The van der Waals surface area contributed by atoms with E-state index in [9.17, 15) is 0 Å². The van der Waals surface area contributed by atoms with Gasteiger partial charge in [-0.05, 0) is 30.5 Å². The molecule has 0 aliphatic rings. The Morgan fingerprint density at radius 2 is 1.75 bits per heavy atom. The van der Waals surface area contributed by atoms with Crippen LogP contribution in [0.3, 0.4) is 0 Å². The molecular weight excluding hydrogens is 268 g/mol. The highest BCUT2D eigenvalue weighted by Gasteiger charge is 1.98. The Morgan fingerprint density at radius 3 is 2.25 bits per heavy atom. The normalized spacial score (nSPS) is 10.7. The number of halogens is 1. The standard InChI is InChI=1S/C13H17BrO2/c1-15-12-8-11(6-4-3-5-7-14)9-13(10-12)16-2/h4,6,8-10H,3,5,7H2,1-2H3/b6-4+. The first-order chi connectivity index (χ1) is 7.80. The molecule has 0 heterocycles. The molecule has 2 nitrogen and oxygen atoms in total. The van der Waals surface area contributed by atoms with Crippen molar-refractivity contribution in [2.24, 2.45) is 0 Å². The minimum Gasteiger partial charge on any atom is -0.497 e. The van der Waals surface area contributed by atoms with Crippen molar-refractivity contribution < 1.29 is 9.47 Å². The molecule has 0 aliphatic carbocycles. The topological polar surface area (TPSA) is 18.5 Å². The van der Waals surface area contributed by atoms with Crippen molar-refractivity contribution in [3.63, 3.8) is 0 Å². The summed E-state index contributed by atoms with van der Waals surface area (Å²) in [5.74, 6) is 1.64. The van der Waals surface area contributed by atoms with Gasteiger partial charge in [0.1, 0.15) is 11.5 Å². The quantitative estimate of drug-likeness (QED) is 0.583. The zero-order chi connectivity index (χ0) is 11.8. The van der Waals surface area contributed by atoms with Gasteiger partial charge in [0, 0.05) is 11.4 Å². The molecule has 0 N–H and O–H groups in total. The Morgan fingerprint density at radius 1 is 1.12 bits per heavy atom. The van der Waals surface area contributed by atoms with Gasteiger partial charge in [-0.2, -0.15) is 0 Å². The zero-order valence-electron chi connectivity index (χ0n) is 9.70. The second-order valence-electron chi connectivity index (χ2n) is 3.38. The maximum absolute atomic E-state index is 5.20. The van der Waals surface area contributed by atoms with E-state index in [1.807, 2.05) is 18.2 Å². The molecule has 0 radical (unpaired) electrons. The smallest absolute Gasteiger partial charge is 0.123 e. The van der Waals surface area contributed by atoms with Crippen LogP contribution in [-0.4, -0.2) is 19.5 Å². The molecule has 88 valence electrons. The number of hydrogen-bond acceptors (Lipinski definition) is 2. The molecule has 0 unspecified atom stereocenters. The predicted molar refractivity (Wildman–Crippen MR) is 71.6 cm³/mol. The molecule has 0 bridgehead atoms. The number of ether oxygens (including phenoxy) is 2. The third-order valence-corrected chi connectivity index (χ3v) is 2.75. The number of unbranched alkanes of at least 4 members (excludes halogenated alkanes) is 1. The summed E-state index contributed by atoms with van der Waals surface area (Å²) in [5, 5.41) is 1.04. The Hall–Kier alpha value is -0.960. The molecule has 0 spiro atoms. The Labute approximate surface area is 105 Å². The van der Waals surface area contributed by atoms with Crippen LogP contribution in [-0.2, 0) is 0 Å². The average Bonchev–Trinajstić information content (AvgIpc) is 2.34. The van der Waals surface area contributed by atoms with E-state index in [-0.39, 0.29) is 0 Å². The summed E-state index contributed by atoms with van der Waals surface area (Å²) >= 11 is 3.41. The van der Waals surface area contributed by atoms with Gasteiger partial charge in [-0.15, -0.1) is 0 Å². The van der Waals surface area contributed by atoms with E-state index in [0.717, 1.165) is 35.2 Å². The lowest BCUT2D eigenvalue weighted by Crippen LogP contribution is -1.88. The van der Waals surface area contributed by atoms with Crippen LogP contribution in [0.15, 0.2) is 24.3 Å². The van der Waals surface area contributed by atoms with Crippen LogP contribution in [0.4, 0.5) is 0 Å². The SMILES string of the molecule is COc1cc(/C=C/CCCBr)cc(OC)c1. The van der Waals surface area contributed by atoms with Gasteiger partial charge in [0.25, 0.3) is 0 Å². The fourth-order valence-corrected chi connectivity index (χ4v) is 1.66. The van der Waals surface area contributed by atoms with E-state index in [1.165, 1.54) is 0 Å². The highest BCUT2D eigenvalue weighted by Crippen LogP contribution is 2.23. The Balaban J connectivity index is 2.74. The van der Waals surface area contributed by atoms with Gasteiger partial charge in [0.2, 0.25) is 0 Å². The Kier molecular flexibility index (Phi) is 6.01. The molecule has 0 atom stereocenters. The molecule has 16 heavy (non-hydrogen) atoms. The molecule has 0 saturated heterocycles. The lowest BCUT2D eigenvalue weighted by molar-refractivity contribution is 0.394. The van der Waals surface area contributed by atoms with E-state index in [0.29, 0.717) is 0 Å². The summed E-state index contributed by atoms with van der Waals surface area (Å²) in [5.41, 5.74) is 1.10. The third kappa shape index (κ3) is 4.27. The third-order valence-electron chi connectivity index (χ3n) is 2.19. The largest absolute Gasteiger partial charge is 0.497 e. The first-order valence-electron chi connectivity index (χ1n) is 5.25. The summed E-state index contributed by atoms with van der Waals surface area (Å²) in [6.45, 7) is 0.